The van der Waals surface area contributed by atoms with Crippen molar-refractivity contribution in [2.75, 3.05) is 0 Å². The summed E-state index contributed by atoms with van der Waals surface area (Å²) in [6.45, 7) is 1.49. The van der Waals surface area contributed by atoms with Crippen molar-refractivity contribution in [3.05, 3.63) is 47.2 Å². The van der Waals surface area contributed by atoms with E-state index in [1.165, 1.54) is 25.1 Å². The van der Waals surface area contributed by atoms with E-state index in [0.717, 1.165) is 6.07 Å². The van der Waals surface area contributed by atoms with E-state index < -0.39 is 17.6 Å². The summed E-state index contributed by atoms with van der Waals surface area (Å²) in [5.74, 6) is -2.92. The maximum absolute atomic E-state index is 13.5. The summed E-state index contributed by atoms with van der Waals surface area (Å²) in [4.78, 5) is 10.6. The number of halogens is 2. The molecule has 0 amide bonds. The molecule has 1 N–H and O–H groups in total. The van der Waals surface area contributed by atoms with Gasteiger partial charge in [0.15, 0.2) is 0 Å². The number of benzene rings is 1. The highest BCUT2D eigenvalue weighted by atomic mass is 19.1. The van der Waals surface area contributed by atoms with Crippen molar-refractivity contribution in [3.63, 3.8) is 0 Å². The molecule has 88 valence electrons. The Hall–Kier alpha value is -2.17. The Labute approximate surface area is 95.3 Å². The standard InChI is InChI=1S/C12H8F2O3/c1-6-4-7(9(14)5-8(6)13)10-2-3-11(17-10)12(15)16/h2-5H,1H3,(H,15,16). The summed E-state index contributed by atoms with van der Waals surface area (Å²) in [5.41, 5.74) is 0.297. The number of carboxylic acids is 1. The van der Waals surface area contributed by atoms with E-state index in [4.69, 9.17) is 9.52 Å². The van der Waals surface area contributed by atoms with Crippen molar-refractivity contribution in [3.8, 4) is 11.3 Å². The predicted molar refractivity (Wildman–Crippen MR) is 55.8 cm³/mol. The maximum Gasteiger partial charge on any atom is 0.371 e. The van der Waals surface area contributed by atoms with Crippen molar-refractivity contribution in [1.29, 1.82) is 0 Å². The molecule has 0 saturated carbocycles. The third kappa shape index (κ3) is 2.04. The molecule has 5 heteroatoms. The monoisotopic (exact) mass is 238 g/mol. The van der Waals surface area contributed by atoms with Gasteiger partial charge in [-0.3, -0.25) is 0 Å². The van der Waals surface area contributed by atoms with Crippen molar-refractivity contribution in [2.24, 2.45) is 0 Å². The number of aromatic carboxylic acids is 1. The van der Waals surface area contributed by atoms with Gasteiger partial charge in [-0.1, -0.05) is 0 Å². The number of aryl methyl sites for hydroxylation is 1. The molecule has 0 radical (unpaired) electrons. The van der Waals surface area contributed by atoms with E-state index >= 15 is 0 Å². The first kappa shape index (κ1) is 11.3. The van der Waals surface area contributed by atoms with Crippen LogP contribution in [0, 0.1) is 18.6 Å². The third-order valence-corrected chi connectivity index (χ3v) is 2.33. The van der Waals surface area contributed by atoms with Gasteiger partial charge in [-0.15, -0.1) is 0 Å². The number of hydrogen-bond donors (Lipinski definition) is 1. The van der Waals surface area contributed by atoms with Crippen LogP contribution in [0.25, 0.3) is 11.3 Å². The Morgan fingerprint density at radius 3 is 2.53 bits per heavy atom. The second-order valence-corrected chi connectivity index (χ2v) is 3.55. The number of carbonyl (C=O) groups is 1. The van der Waals surface area contributed by atoms with Gasteiger partial charge in [-0.25, -0.2) is 13.6 Å². The third-order valence-electron chi connectivity index (χ3n) is 2.33. The molecule has 2 aromatic rings. The quantitative estimate of drug-likeness (QED) is 0.873. The maximum atomic E-state index is 13.5. The van der Waals surface area contributed by atoms with Gasteiger partial charge in [0.1, 0.15) is 17.4 Å². The van der Waals surface area contributed by atoms with Crippen LogP contribution in [-0.4, -0.2) is 11.1 Å². The Morgan fingerprint density at radius 1 is 1.24 bits per heavy atom. The normalized spacial score (nSPS) is 10.5. The molecule has 0 aliphatic rings. The topological polar surface area (TPSA) is 50.4 Å². The second kappa shape index (κ2) is 4.01. The zero-order chi connectivity index (χ0) is 12.6. The fraction of sp³-hybridized carbons (Fsp3) is 0.0833. The molecule has 0 unspecified atom stereocenters. The van der Waals surface area contributed by atoms with Gasteiger partial charge in [0, 0.05) is 6.07 Å². The lowest BCUT2D eigenvalue weighted by Crippen LogP contribution is -1.92. The van der Waals surface area contributed by atoms with Crippen LogP contribution in [0.4, 0.5) is 8.78 Å². The Bertz CT molecular complexity index is 587. The summed E-state index contributed by atoms with van der Waals surface area (Å²) in [5, 5.41) is 8.67. The van der Waals surface area contributed by atoms with E-state index in [0.29, 0.717) is 0 Å². The lowest BCUT2D eigenvalue weighted by atomic mass is 10.1. The summed E-state index contributed by atoms with van der Waals surface area (Å²) >= 11 is 0. The molecule has 2 rings (SSSR count). The lowest BCUT2D eigenvalue weighted by Gasteiger charge is -2.02. The van der Waals surface area contributed by atoms with Gasteiger partial charge in [-0.05, 0) is 30.7 Å². The summed E-state index contributed by atoms with van der Waals surface area (Å²) < 4.78 is 31.5. The van der Waals surface area contributed by atoms with Crippen molar-refractivity contribution in [2.45, 2.75) is 6.92 Å². The average Bonchev–Trinajstić information content (AvgIpc) is 2.72. The van der Waals surface area contributed by atoms with Crippen LogP contribution in [0.3, 0.4) is 0 Å². The summed E-state index contributed by atoms with van der Waals surface area (Å²) in [7, 11) is 0. The minimum atomic E-state index is -1.24. The average molecular weight is 238 g/mol. The molecule has 0 bridgehead atoms. The fourth-order valence-corrected chi connectivity index (χ4v) is 1.44. The van der Waals surface area contributed by atoms with Gasteiger partial charge in [0.25, 0.3) is 0 Å². The van der Waals surface area contributed by atoms with Crippen LogP contribution in [0.1, 0.15) is 16.1 Å². The zero-order valence-corrected chi connectivity index (χ0v) is 8.83. The molecule has 1 aromatic heterocycles. The number of furan rings is 1. The first-order valence-electron chi connectivity index (χ1n) is 4.78. The molecule has 1 heterocycles. The van der Waals surface area contributed by atoms with Crippen molar-refractivity contribution >= 4 is 5.97 Å². The minimum absolute atomic E-state index is 0.0383. The van der Waals surface area contributed by atoms with Gasteiger partial charge >= 0.3 is 5.97 Å². The van der Waals surface area contributed by atoms with Crippen LogP contribution in [0.15, 0.2) is 28.7 Å². The smallest absolute Gasteiger partial charge is 0.371 e. The Balaban J connectivity index is 2.52. The Morgan fingerprint density at radius 2 is 1.94 bits per heavy atom. The predicted octanol–water partition coefficient (Wildman–Crippen LogP) is 3.23. The molecule has 0 spiro atoms. The molecular weight excluding hydrogens is 230 g/mol. The van der Waals surface area contributed by atoms with Crippen LogP contribution in [0.5, 0.6) is 0 Å². The first-order chi connectivity index (χ1) is 7.99. The highest BCUT2D eigenvalue weighted by Crippen LogP contribution is 2.27. The molecule has 0 aliphatic carbocycles. The highest BCUT2D eigenvalue weighted by molar-refractivity contribution is 5.85. The van der Waals surface area contributed by atoms with Crippen LogP contribution in [0.2, 0.25) is 0 Å². The number of carboxylic acid groups (broad SMARTS) is 1. The number of rotatable bonds is 2. The highest BCUT2D eigenvalue weighted by Gasteiger charge is 2.15. The molecule has 1 aromatic carbocycles. The Kier molecular flexibility index (Phi) is 2.67. The SMILES string of the molecule is Cc1cc(-c2ccc(C(=O)O)o2)c(F)cc1F. The molecular formula is C12H8F2O3. The second-order valence-electron chi connectivity index (χ2n) is 3.55. The van der Waals surface area contributed by atoms with Gasteiger partial charge < -0.3 is 9.52 Å². The van der Waals surface area contributed by atoms with E-state index in [1.54, 1.807) is 0 Å². The molecule has 3 nitrogen and oxygen atoms in total. The van der Waals surface area contributed by atoms with Gasteiger partial charge in [-0.2, -0.15) is 0 Å². The fourth-order valence-electron chi connectivity index (χ4n) is 1.44. The molecule has 0 saturated heterocycles. The molecule has 0 fully saturated rings. The van der Waals surface area contributed by atoms with E-state index in [-0.39, 0.29) is 22.6 Å². The van der Waals surface area contributed by atoms with Gasteiger partial charge in [0.2, 0.25) is 5.76 Å². The summed E-state index contributed by atoms with van der Waals surface area (Å²) in [6, 6.07) is 4.57. The van der Waals surface area contributed by atoms with E-state index in [2.05, 4.69) is 0 Å². The van der Waals surface area contributed by atoms with Crippen molar-refractivity contribution < 1.29 is 23.1 Å². The molecule has 17 heavy (non-hydrogen) atoms. The van der Waals surface area contributed by atoms with Crippen LogP contribution < -0.4 is 0 Å². The number of hydrogen-bond acceptors (Lipinski definition) is 2. The molecule has 0 aliphatic heterocycles. The summed E-state index contributed by atoms with van der Waals surface area (Å²) in [6.07, 6.45) is 0. The van der Waals surface area contributed by atoms with Crippen LogP contribution >= 0.6 is 0 Å². The molecule has 0 atom stereocenters. The van der Waals surface area contributed by atoms with Crippen molar-refractivity contribution in [1.82, 2.24) is 0 Å². The largest absolute Gasteiger partial charge is 0.475 e. The van der Waals surface area contributed by atoms with Gasteiger partial charge in [0.05, 0.1) is 5.56 Å². The lowest BCUT2D eigenvalue weighted by molar-refractivity contribution is 0.0663. The first-order valence-corrected chi connectivity index (χ1v) is 4.78. The van der Waals surface area contributed by atoms with Crippen LogP contribution in [-0.2, 0) is 0 Å². The van der Waals surface area contributed by atoms with E-state index in [1.807, 2.05) is 0 Å². The minimum Gasteiger partial charge on any atom is -0.475 e. The zero-order valence-electron chi connectivity index (χ0n) is 8.83. The van der Waals surface area contributed by atoms with E-state index in [9.17, 15) is 13.6 Å².